The van der Waals surface area contributed by atoms with Crippen LogP contribution in [0.1, 0.15) is 38.3 Å². The van der Waals surface area contributed by atoms with Crippen LogP contribution >= 0.6 is 12.2 Å². The highest BCUT2D eigenvalue weighted by atomic mass is 32.1. The van der Waals surface area contributed by atoms with Crippen LogP contribution in [-0.4, -0.2) is 17.4 Å². The van der Waals surface area contributed by atoms with Crippen molar-refractivity contribution in [1.29, 1.82) is 0 Å². The van der Waals surface area contributed by atoms with E-state index in [-0.39, 0.29) is 0 Å². The lowest BCUT2D eigenvalue weighted by Crippen LogP contribution is -2.32. The predicted molar refractivity (Wildman–Crippen MR) is 82.1 cm³/mol. The zero-order valence-electron chi connectivity index (χ0n) is 11.3. The van der Waals surface area contributed by atoms with Crippen LogP contribution in [0.3, 0.4) is 0 Å². The predicted octanol–water partition coefficient (Wildman–Crippen LogP) is 2.85. The average molecular weight is 263 g/mol. The van der Waals surface area contributed by atoms with Crippen LogP contribution in [0, 0.1) is 0 Å². The van der Waals surface area contributed by atoms with Gasteiger partial charge in [0.1, 0.15) is 0 Å². The first-order valence-electron chi connectivity index (χ1n) is 6.34. The summed E-state index contributed by atoms with van der Waals surface area (Å²) in [5.74, 6) is 0. The Bertz CT molecular complexity index is 410. The van der Waals surface area contributed by atoms with E-state index in [9.17, 15) is 0 Å². The van der Waals surface area contributed by atoms with Crippen molar-refractivity contribution in [3.8, 4) is 0 Å². The van der Waals surface area contributed by atoms with Gasteiger partial charge in [0.05, 0.1) is 5.71 Å². The summed E-state index contributed by atoms with van der Waals surface area (Å²) in [6.45, 7) is 6.95. The summed E-state index contributed by atoms with van der Waals surface area (Å²) >= 11 is 5.05. The van der Waals surface area contributed by atoms with Gasteiger partial charge in [0.25, 0.3) is 0 Å². The van der Waals surface area contributed by atoms with Crippen molar-refractivity contribution in [1.82, 2.24) is 10.7 Å². The van der Waals surface area contributed by atoms with Crippen molar-refractivity contribution in [3.63, 3.8) is 0 Å². The minimum Gasteiger partial charge on any atom is -0.362 e. The number of hydrogen-bond donors (Lipinski definition) is 2. The van der Waals surface area contributed by atoms with E-state index in [0.29, 0.717) is 5.11 Å². The van der Waals surface area contributed by atoms with Gasteiger partial charge in [-0.05, 0) is 43.6 Å². The number of hydrazone groups is 1. The highest BCUT2D eigenvalue weighted by Gasteiger charge is 1.98. The fourth-order valence-electron chi connectivity index (χ4n) is 1.60. The molecule has 0 unspecified atom stereocenters. The molecule has 1 aromatic carbocycles. The highest BCUT2D eigenvalue weighted by molar-refractivity contribution is 7.80. The number of nitrogens with zero attached hydrogens (tertiary/aromatic N) is 1. The molecule has 0 spiro atoms. The van der Waals surface area contributed by atoms with Gasteiger partial charge in [-0.2, -0.15) is 5.10 Å². The Morgan fingerprint density at radius 3 is 2.44 bits per heavy atom. The third-order valence-electron chi connectivity index (χ3n) is 2.57. The van der Waals surface area contributed by atoms with Gasteiger partial charge in [-0.25, -0.2) is 0 Å². The maximum atomic E-state index is 5.05. The molecular weight excluding hydrogens is 242 g/mol. The van der Waals surface area contributed by atoms with Crippen molar-refractivity contribution < 1.29 is 0 Å². The molecule has 0 radical (unpaired) electrons. The first kappa shape index (κ1) is 14.6. The summed E-state index contributed by atoms with van der Waals surface area (Å²) in [6.07, 6.45) is 2.30. The summed E-state index contributed by atoms with van der Waals surface area (Å²) in [5.41, 5.74) is 6.24. The lowest BCUT2D eigenvalue weighted by atomic mass is 10.1. The summed E-state index contributed by atoms with van der Waals surface area (Å²) in [5, 5.41) is 7.80. The van der Waals surface area contributed by atoms with Gasteiger partial charge in [-0.15, -0.1) is 0 Å². The Morgan fingerprint density at radius 2 is 1.89 bits per heavy atom. The summed E-state index contributed by atoms with van der Waals surface area (Å²) in [6, 6.07) is 8.50. The van der Waals surface area contributed by atoms with E-state index in [0.717, 1.165) is 24.2 Å². The molecule has 18 heavy (non-hydrogen) atoms. The third-order valence-corrected chi connectivity index (χ3v) is 2.81. The van der Waals surface area contributed by atoms with E-state index in [4.69, 9.17) is 12.2 Å². The van der Waals surface area contributed by atoms with E-state index in [1.165, 1.54) is 12.0 Å². The minimum absolute atomic E-state index is 0.555. The van der Waals surface area contributed by atoms with Crippen molar-refractivity contribution in [2.24, 2.45) is 5.10 Å². The van der Waals surface area contributed by atoms with Crippen molar-refractivity contribution in [2.75, 3.05) is 6.54 Å². The second-order valence-electron chi connectivity index (χ2n) is 4.12. The van der Waals surface area contributed by atoms with Crippen molar-refractivity contribution >= 4 is 23.0 Å². The molecule has 0 atom stereocenters. The van der Waals surface area contributed by atoms with E-state index in [1.807, 2.05) is 13.8 Å². The van der Waals surface area contributed by atoms with Crippen LogP contribution in [0.2, 0.25) is 0 Å². The molecule has 0 aliphatic carbocycles. The van der Waals surface area contributed by atoms with Crippen LogP contribution in [0.5, 0.6) is 0 Å². The largest absolute Gasteiger partial charge is 0.362 e. The summed E-state index contributed by atoms with van der Waals surface area (Å²) in [4.78, 5) is 0. The molecule has 0 aromatic heterocycles. The monoisotopic (exact) mass is 263 g/mol. The molecule has 0 heterocycles. The molecule has 0 aliphatic heterocycles. The molecule has 0 amide bonds. The molecule has 0 saturated heterocycles. The molecule has 4 heteroatoms. The fourth-order valence-corrected chi connectivity index (χ4v) is 1.79. The average Bonchev–Trinajstić information content (AvgIpc) is 2.37. The molecule has 3 nitrogen and oxygen atoms in total. The van der Waals surface area contributed by atoms with Gasteiger partial charge < -0.3 is 5.32 Å². The number of rotatable bonds is 5. The van der Waals surface area contributed by atoms with E-state index in [1.54, 1.807) is 0 Å². The molecule has 0 fully saturated rings. The molecule has 0 saturated carbocycles. The molecule has 1 rings (SSSR count). The number of aryl methyl sites for hydroxylation is 1. The summed E-state index contributed by atoms with van der Waals surface area (Å²) in [7, 11) is 0. The SMILES string of the molecule is CCCc1ccc(/C(C)=N\NC(=S)NCC)cc1. The number of thiocarbonyl (C=S) groups is 1. The van der Waals surface area contributed by atoms with Crippen LogP contribution in [0.15, 0.2) is 29.4 Å². The second-order valence-corrected chi connectivity index (χ2v) is 4.52. The van der Waals surface area contributed by atoms with Crippen molar-refractivity contribution in [3.05, 3.63) is 35.4 Å². The van der Waals surface area contributed by atoms with E-state index >= 15 is 0 Å². The van der Waals surface area contributed by atoms with E-state index in [2.05, 4.69) is 47.0 Å². The zero-order valence-corrected chi connectivity index (χ0v) is 12.1. The van der Waals surface area contributed by atoms with Crippen LogP contribution in [0.25, 0.3) is 0 Å². The van der Waals surface area contributed by atoms with Gasteiger partial charge in [0.2, 0.25) is 0 Å². The number of hydrogen-bond acceptors (Lipinski definition) is 2. The number of nitrogens with one attached hydrogen (secondary N) is 2. The molecule has 2 N–H and O–H groups in total. The molecule has 1 aromatic rings. The van der Waals surface area contributed by atoms with Gasteiger partial charge in [0, 0.05) is 6.54 Å². The maximum absolute atomic E-state index is 5.05. The Hall–Kier alpha value is -1.42. The number of benzene rings is 1. The summed E-state index contributed by atoms with van der Waals surface area (Å²) < 4.78 is 0. The quantitative estimate of drug-likeness (QED) is 0.487. The topological polar surface area (TPSA) is 36.4 Å². The van der Waals surface area contributed by atoms with Gasteiger partial charge in [-0.1, -0.05) is 37.6 Å². The maximum Gasteiger partial charge on any atom is 0.186 e. The van der Waals surface area contributed by atoms with Crippen LogP contribution < -0.4 is 10.7 Å². The Kier molecular flexibility index (Phi) is 6.36. The standard InChI is InChI=1S/C14H21N3S/c1-4-6-12-7-9-13(10-8-12)11(3)16-17-14(18)15-5-2/h7-10H,4-6H2,1-3H3,(H2,15,17,18)/b16-11-. The minimum atomic E-state index is 0.555. The first-order chi connectivity index (χ1) is 8.67. The van der Waals surface area contributed by atoms with Gasteiger partial charge >= 0.3 is 0 Å². The lowest BCUT2D eigenvalue weighted by molar-refractivity contribution is 0.900. The third kappa shape index (κ3) is 4.84. The van der Waals surface area contributed by atoms with Gasteiger partial charge in [0.15, 0.2) is 5.11 Å². The highest BCUT2D eigenvalue weighted by Crippen LogP contribution is 2.07. The second kappa shape index (κ2) is 7.82. The lowest BCUT2D eigenvalue weighted by Gasteiger charge is -2.06. The van der Waals surface area contributed by atoms with Crippen LogP contribution in [0.4, 0.5) is 0 Å². The molecule has 0 bridgehead atoms. The Morgan fingerprint density at radius 1 is 1.22 bits per heavy atom. The van der Waals surface area contributed by atoms with Gasteiger partial charge in [-0.3, -0.25) is 5.43 Å². The van der Waals surface area contributed by atoms with Crippen molar-refractivity contribution in [2.45, 2.75) is 33.6 Å². The Balaban J connectivity index is 2.62. The normalized spacial score (nSPS) is 11.2. The fraction of sp³-hybridized carbons (Fsp3) is 0.429. The molecule has 0 aliphatic rings. The first-order valence-corrected chi connectivity index (χ1v) is 6.75. The smallest absolute Gasteiger partial charge is 0.186 e. The Labute approximate surface area is 115 Å². The molecule has 98 valence electrons. The zero-order chi connectivity index (χ0) is 13.4. The van der Waals surface area contributed by atoms with E-state index < -0.39 is 0 Å². The van der Waals surface area contributed by atoms with Crippen LogP contribution in [-0.2, 0) is 6.42 Å². The molecular formula is C14H21N3S.